The Labute approximate surface area is 205 Å². The van der Waals surface area contributed by atoms with E-state index in [1.54, 1.807) is 0 Å². The second-order valence-corrected chi connectivity index (χ2v) is 10.4. The van der Waals surface area contributed by atoms with Gasteiger partial charge in [0.2, 0.25) is 0 Å². The van der Waals surface area contributed by atoms with Gasteiger partial charge in [0.05, 0.1) is 0 Å². The largest absolute Gasteiger partial charge is 0.299 e. The van der Waals surface area contributed by atoms with E-state index in [1.165, 1.54) is 142 Å². The van der Waals surface area contributed by atoms with E-state index >= 15 is 0 Å². The molecule has 0 fully saturated rings. The van der Waals surface area contributed by atoms with Crippen LogP contribution in [0.15, 0.2) is 0 Å². The molecule has 194 valence electrons. The van der Waals surface area contributed by atoms with Gasteiger partial charge < -0.3 is 0 Å². The van der Waals surface area contributed by atoms with E-state index in [-0.39, 0.29) is 0 Å². The van der Waals surface area contributed by atoms with Crippen LogP contribution in [-0.2, 0) is 0 Å². The highest BCUT2D eigenvalue weighted by atomic mass is 15.2. The van der Waals surface area contributed by atoms with Crippen molar-refractivity contribution in [2.75, 3.05) is 26.2 Å². The van der Waals surface area contributed by atoms with Gasteiger partial charge in [-0.25, -0.2) is 0 Å². The van der Waals surface area contributed by atoms with Gasteiger partial charge in [0.1, 0.15) is 0 Å². The molecule has 0 aromatic rings. The molecule has 0 aliphatic heterocycles. The van der Waals surface area contributed by atoms with Crippen LogP contribution in [0, 0.1) is 0 Å². The Bertz CT molecular complexity index is 345. The topological polar surface area (TPSA) is 6.48 Å². The molecule has 0 heterocycles. The van der Waals surface area contributed by atoms with Crippen LogP contribution in [0.5, 0.6) is 0 Å². The molecule has 0 bridgehead atoms. The van der Waals surface area contributed by atoms with Crippen LogP contribution in [0.2, 0.25) is 0 Å². The molecule has 0 saturated carbocycles. The predicted octanol–water partition coefficient (Wildman–Crippen LogP) is 9.47. The third-order valence-electron chi connectivity index (χ3n) is 7.36. The van der Waals surface area contributed by atoms with Gasteiger partial charge in [0, 0.05) is 12.1 Å². The lowest BCUT2D eigenvalue weighted by Crippen LogP contribution is -2.51. The number of hydrogen-bond donors (Lipinski definition) is 0. The first-order chi connectivity index (χ1) is 15.7. The summed E-state index contributed by atoms with van der Waals surface area (Å²) in [6.45, 7) is 19.5. The molecule has 0 aliphatic carbocycles. The highest BCUT2D eigenvalue weighted by Gasteiger charge is 2.27. The fourth-order valence-corrected chi connectivity index (χ4v) is 5.23. The lowest BCUT2D eigenvalue weighted by molar-refractivity contribution is 0.0741. The van der Waals surface area contributed by atoms with Crippen molar-refractivity contribution in [3.63, 3.8) is 0 Å². The number of nitrogens with zero attached hydrogens (tertiary/aromatic N) is 2. The molecule has 0 saturated heterocycles. The maximum absolute atomic E-state index is 2.95. The standard InChI is InChI=1S/C30H64N2/c1-7-12-16-20-24-30(29(6)31(25-11-5)26-21-17-13-8-2)32(27-22-18-14-9-3)28-23-19-15-10-4/h29-30H,7-28H2,1-6H3. The zero-order valence-electron chi connectivity index (χ0n) is 23.6. The summed E-state index contributed by atoms with van der Waals surface area (Å²) < 4.78 is 0. The molecule has 2 nitrogen and oxygen atoms in total. The Morgan fingerprint density at radius 2 is 0.812 bits per heavy atom. The van der Waals surface area contributed by atoms with Crippen LogP contribution in [0.25, 0.3) is 0 Å². The Kier molecular flexibility index (Phi) is 24.0. The van der Waals surface area contributed by atoms with Crippen LogP contribution < -0.4 is 0 Å². The van der Waals surface area contributed by atoms with E-state index in [0.717, 1.165) is 6.04 Å². The van der Waals surface area contributed by atoms with Gasteiger partial charge in [0.25, 0.3) is 0 Å². The average Bonchev–Trinajstić information content (AvgIpc) is 2.80. The number of unbranched alkanes of at least 4 members (excludes halogenated alkanes) is 12. The lowest BCUT2D eigenvalue weighted by Gasteiger charge is -2.41. The molecule has 0 aromatic carbocycles. The highest BCUT2D eigenvalue weighted by Crippen LogP contribution is 2.22. The summed E-state index contributed by atoms with van der Waals surface area (Å²) in [5.41, 5.74) is 0. The number of hydrogen-bond acceptors (Lipinski definition) is 2. The van der Waals surface area contributed by atoms with E-state index in [1.807, 2.05) is 0 Å². The molecule has 0 radical (unpaired) electrons. The SMILES string of the molecule is CCCCCCC(C(C)N(CCC)CCCCCC)N(CCCCCC)CCCCCC. The van der Waals surface area contributed by atoms with Crippen LogP contribution in [0.3, 0.4) is 0 Å². The molecule has 32 heavy (non-hydrogen) atoms. The van der Waals surface area contributed by atoms with Crippen molar-refractivity contribution in [2.24, 2.45) is 0 Å². The van der Waals surface area contributed by atoms with Crippen molar-refractivity contribution in [2.45, 2.75) is 169 Å². The zero-order chi connectivity index (χ0) is 23.9. The van der Waals surface area contributed by atoms with Gasteiger partial charge in [-0.05, 0) is 65.2 Å². The second kappa shape index (κ2) is 24.1. The van der Waals surface area contributed by atoms with Crippen molar-refractivity contribution in [3.05, 3.63) is 0 Å². The lowest BCUT2D eigenvalue weighted by atomic mass is 9.97. The Balaban J connectivity index is 5.26. The van der Waals surface area contributed by atoms with Crippen molar-refractivity contribution >= 4 is 0 Å². The van der Waals surface area contributed by atoms with Crippen LogP contribution in [-0.4, -0.2) is 48.1 Å². The van der Waals surface area contributed by atoms with Crippen molar-refractivity contribution < 1.29 is 0 Å². The first kappa shape index (κ1) is 31.9. The fraction of sp³-hybridized carbons (Fsp3) is 1.00. The third-order valence-corrected chi connectivity index (χ3v) is 7.36. The van der Waals surface area contributed by atoms with Gasteiger partial charge in [-0.1, -0.05) is 118 Å². The van der Waals surface area contributed by atoms with Crippen molar-refractivity contribution in [1.82, 2.24) is 9.80 Å². The molecule has 0 spiro atoms. The fourth-order valence-electron chi connectivity index (χ4n) is 5.23. The molecule has 0 aliphatic rings. The Morgan fingerprint density at radius 3 is 1.22 bits per heavy atom. The molecule has 2 heteroatoms. The van der Waals surface area contributed by atoms with Gasteiger partial charge >= 0.3 is 0 Å². The van der Waals surface area contributed by atoms with E-state index < -0.39 is 0 Å². The van der Waals surface area contributed by atoms with Gasteiger partial charge in [-0.2, -0.15) is 0 Å². The summed E-state index contributed by atoms with van der Waals surface area (Å²) in [7, 11) is 0. The average molecular weight is 453 g/mol. The first-order valence-corrected chi connectivity index (χ1v) is 15.1. The maximum Gasteiger partial charge on any atom is 0.0248 e. The van der Waals surface area contributed by atoms with Crippen LogP contribution in [0.1, 0.15) is 157 Å². The summed E-state index contributed by atoms with van der Waals surface area (Å²) >= 11 is 0. The van der Waals surface area contributed by atoms with Gasteiger partial charge in [-0.3, -0.25) is 9.80 Å². The predicted molar refractivity (Wildman–Crippen MR) is 148 cm³/mol. The van der Waals surface area contributed by atoms with Gasteiger partial charge in [-0.15, -0.1) is 0 Å². The smallest absolute Gasteiger partial charge is 0.0248 e. The highest BCUT2D eigenvalue weighted by molar-refractivity contribution is 4.84. The zero-order valence-corrected chi connectivity index (χ0v) is 23.6. The van der Waals surface area contributed by atoms with Crippen molar-refractivity contribution in [3.8, 4) is 0 Å². The molecule has 2 unspecified atom stereocenters. The van der Waals surface area contributed by atoms with Gasteiger partial charge in [0.15, 0.2) is 0 Å². The summed E-state index contributed by atoms with van der Waals surface area (Å²) in [5.74, 6) is 0. The molecule has 0 rings (SSSR count). The van der Waals surface area contributed by atoms with E-state index in [9.17, 15) is 0 Å². The minimum absolute atomic E-state index is 0.690. The first-order valence-electron chi connectivity index (χ1n) is 15.1. The molecule has 2 atom stereocenters. The summed E-state index contributed by atoms with van der Waals surface area (Å²) in [5, 5.41) is 0. The molecule has 0 aromatic heterocycles. The second-order valence-electron chi connectivity index (χ2n) is 10.4. The normalized spacial score (nSPS) is 13.9. The summed E-state index contributed by atoms with van der Waals surface area (Å²) in [6.07, 6.45) is 24.9. The maximum atomic E-state index is 2.95. The summed E-state index contributed by atoms with van der Waals surface area (Å²) in [4.78, 5) is 5.82. The van der Waals surface area contributed by atoms with Crippen LogP contribution in [0.4, 0.5) is 0 Å². The molecule has 0 N–H and O–H groups in total. The minimum Gasteiger partial charge on any atom is -0.299 e. The van der Waals surface area contributed by atoms with Crippen molar-refractivity contribution in [1.29, 1.82) is 0 Å². The quantitative estimate of drug-likeness (QED) is 0.127. The Morgan fingerprint density at radius 1 is 0.406 bits per heavy atom. The summed E-state index contributed by atoms with van der Waals surface area (Å²) in [6, 6.07) is 1.43. The van der Waals surface area contributed by atoms with Crippen LogP contribution >= 0.6 is 0 Å². The molecular formula is C30H64N2. The molecule has 0 amide bonds. The van der Waals surface area contributed by atoms with E-state index in [2.05, 4.69) is 51.3 Å². The number of rotatable bonds is 25. The third kappa shape index (κ3) is 16.5. The Hall–Kier alpha value is -0.0800. The van der Waals surface area contributed by atoms with E-state index in [0.29, 0.717) is 6.04 Å². The minimum atomic E-state index is 0.690. The van der Waals surface area contributed by atoms with E-state index in [4.69, 9.17) is 0 Å². The molecular weight excluding hydrogens is 388 g/mol. The monoisotopic (exact) mass is 453 g/mol.